The normalized spacial score (nSPS) is 15.6. The van der Waals surface area contributed by atoms with Crippen LogP contribution in [0.15, 0.2) is 42.7 Å². The number of anilines is 2. The van der Waals surface area contributed by atoms with E-state index in [4.69, 9.17) is 0 Å². The van der Waals surface area contributed by atoms with Crippen molar-refractivity contribution in [2.45, 2.75) is 53.9 Å². The molecule has 0 spiro atoms. The monoisotopic (exact) mass is 461 g/mol. The van der Waals surface area contributed by atoms with Gasteiger partial charge < -0.3 is 10.6 Å². The smallest absolute Gasteiger partial charge is 0.258 e. The van der Waals surface area contributed by atoms with Crippen molar-refractivity contribution < 1.29 is 9.59 Å². The lowest BCUT2D eigenvalue weighted by atomic mass is 9.72. The van der Waals surface area contributed by atoms with Gasteiger partial charge in [-0.15, -0.1) is 11.3 Å². The highest BCUT2D eigenvalue weighted by Gasteiger charge is 2.34. The second kappa shape index (κ2) is 9.10. The molecule has 1 aliphatic rings. The second-order valence-corrected chi connectivity index (χ2v) is 11.1. The maximum atomic E-state index is 13.5. The first-order valence-corrected chi connectivity index (χ1v) is 12.2. The topological polar surface area (TPSA) is 71.1 Å². The van der Waals surface area contributed by atoms with Gasteiger partial charge in [-0.05, 0) is 73.8 Å². The quantitative estimate of drug-likeness (QED) is 0.471. The zero-order chi connectivity index (χ0) is 23.8. The van der Waals surface area contributed by atoms with E-state index in [0.29, 0.717) is 22.0 Å². The van der Waals surface area contributed by atoms with Gasteiger partial charge in [0.15, 0.2) is 0 Å². The van der Waals surface area contributed by atoms with E-state index in [-0.39, 0.29) is 17.2 Å². The fraction of sp³-hybridized carbons (Fsp3) is 0.370. The van der Waals surface area contributed by atoms with Gasteiger partial charge in [-0.2, -0.15) is 0 Å². The molecule has 2 heterocycles. The third-order valence-electron chi connectivity index (χ3n) is 6.50. The van der Waals surface area contributed by atoms with Crippen LogP contribution in [0.3, 0.4) is 0 Å². The van der Waals surface area contributed by atoms with Crippen molar-refractivity contribution in [1.82, 2.24) is 4.98 Å². The van der Waals surface area contributed by atoms with Crippen LogP contribution in [0.2, 0.25) is 0 Å². The van der Waals surface area contributed by atoms with Gasteiger partial charge in [-0.25, -0.2) is 0 Å². The Balaban J connectivity index is 1.70. The van der Waals surface area contributed by atoms with Gasteiger partial charge in [0.1, 0.15) is 5.00 Å². The predicted molar refractivity (Wildman–Crippen MR) is 135 cm³/mol. The number of carbonyl (C=O) groups is 2. The van der Waals surface area contributed by atoms with Crippen molar-refractivity contribution in [3.63, 3.8) is 0 Å². The highest BCUT2D eigenvalue weighted by atomic mass is 32.1. The number of hydrogen-bond donors (Lipinski definition) is 2. The molecule has 172 valence electrons. The van der Waals surface area contributed by atoms with Gasteiger partial charge in [-0.1, -0.05) is 38.5 Å². The number of carbonyl (C=O) groups excluding carboxylic acids is 2. The minimum atomic E-state index is -0.255. The summed E-state index contributed by atoms with van der Waals surface area (Å²) in [7, 11) is 0. The molecule has 4 rings (SSSR count). The molecule has 0 bridgehead atoms. The second-order valence-electron chi connectivity index (χ2n) is 9.98. The Morgan fingerprint density at radius 2 is 1.88 bits per heavy atom. The van der Waals surface area contributed by atoms with E-state index < -0.39 is 0 Å². The molecule has 6 heteroatoms. The lowest BCUT2D eigenvalue weighted by molar-refractivity contribution is 0.102. The Hall–Kier alpha value is -2.99. The molecule has 2 N–H and O–H groups in total. The summed E-state index contributed by atoms with van der Waals surface area (Å²) in [5.41, 5.74) is 5.29. The summed E-state index contributed by atoms with van der Waals surface area (Å²) in [5.74, 6) is 0.116. The number of pyridine rings is 1. The first-order chi connectivity index (χ1) is 15.6. The number of aryl methyl sites for hydroxylation is 2. The van der Waals surface area contributed by atoms with Gasteiger partial charge in [0.25, 0.3) is 11.8 Å². The molecule has 1 aliphatic carbocycles. The van der Waals surface area contributed by atoms with Crippen LogP contribution in [0.25, 0.3) is 0 Å². The number of benzene rings is 1. The number of nitrogens with zero attached hydrogens (tertiary/aromatic N) is 1. The minimum Gasteiger partial charge on any atom is -0.322 e. The average molecular weight is 462 g/mol. The van der Waals surface area contributed by atoms with Crippen molar-refractivity contribution in [1.29, 1.82) is 0 Å². The molecule has 3 aromatic rings. The van der Waals surface area contributed by atoms with Crippen LogP contribution in [0, 0.1) is 25.2 Å². The fourth-order valence-electron chi connectivity index (χ4n) is 4.46. The van der Waals surface area contributed by atoms with Crippen LogP contribution in [-0.2, 0) is 12.8 Å². The molecule has 1 unspecified atom stereocenters. The third-order valence-corrected chi connectivity index (χ3v) is 7.67. The third kappa shape index (κ3) is 5.01. The fourth-order valence-corrected chi connectivity index (χ4v) is 5.78. The standard InChI is InChI=1S/C27H31N3O2S/c1-16-8-11-21(17(2)13-16)29-25(32)23-20-10-9-19(27(3,4)5)14-22(20)33-26(23)30-24(31)18-7-6-12-28-15-18/h6-8,11-13,15,19H,9-10,14H2,1-5H3,(H,29,32)(H,30,31). The van der Waals surface area contributed by atoms with E-state index >= 15 is 0 Å². The summed E-state index contributed by atoms with van der Waals surface area (Å²) >= 11 is 1.54. The molecular formula is C27H31N3O2S. The molecule has 0 radical (unpaired) electrons. The van der Waals surface area contributed by atoms with E-state index in [1.807, 2.05) is 26.0 Å². The molecule has 0 aliphatic heterocycles. The Bertz CT molecular complexity index is 1190. The van der Waals surface area contributed by atoms with Gasteiger partial charge in [0, 0.05) is 23.0 Å². The Kier molecular flexibility index (Phi) is 6.39. The maximum Gasteiger partial charge on any atom is 0.258 e. The SMILES string of the molecule is Cc1ccc(NC(=O)c2c(NC(=O)c3cccnc3)sc3c2CCC(C(C)(C)C)C3)c(C)c1. The Labute approximate surface area is 199 Å². The number of amides is 2. The lowest BCUT2D eigenvalue weighted by Crippen LogP contribution is -2.27. The lowest BCUT2D eigenvalue weighted by Gasteiger charge is -2.33. The predicted octanol–water partition coefficient (Wildman–Crippen LogP) is 6.42. The average Bonchev–Trinajstić information content (AvgIpc) is 3.12. The molecule has 0 saturated carbocycles. The van der Waals surface area contributed by atoms with E-state index in [2.05, 4.69) is 42.5 Å². The van der Waals surface area contributed by atoms with Gasteiger partial charge in [0.2, 0.25) is 0 Å². The van der Waals surface area contributed by atoms with E-state index in [1.165, 1.54) is 22.4 Å². The van der Waals surface area contributed by atoms with Gasteiger partial charge in [-0.3, -0.25) is 14.6 Å². The molecule has 1 aromatic carbocycles. The highest BCUT2D eigenvalue weighted by Crippen LogP contribution is 2.44. The van der Waals surface area contributed by atoms with Crippen LogP contribution in [0.4, 0.5) is 10.7 Å². The highest BCUT2D eigenvalue weighted by molar-refractivity contribution is 7.17. The van der Waals surface area contributed by atoms with Crippen molar-refractivity contribution in [3.05, 3.63) is 75.4 Å². The molecule has 2 amide bonds. The summed E-state index contributed by atoms with van der Waals surface area (Å²) in [5, 5.41) is 6.71. The van der Waals surface area contributed by atoms with Crippen LogP contribution in [0.5, 0.6) is 0 Å². The van der Waals surface area contributed by atoms with E-state index in [1.54, 1.807) is 18.3 Å². The van der Waals surface area contributed by atoms with E-state index in [0.717, 1.165) is 41.6 Å². The number of hydrogen-bond acceptors (Lipinski definition) is 4. The van der Waals surface area contributed by atoms with Crippen LogP contribution < -0.4 is 10.6 Å². The van der Waals surface area contributed by atoms with E-state index in [9.17, 15) is 9.59 Å². The van der Waals surface area contributed by atoms with Crippen molar-refractivity contribution in [3.8, 4) is 0 Å². The van der Waals surface area contributed by atoms with Crippen molar-refractivity contribution in [2.75, 3.05) is 10.6 Å². The molecular weight excluding hydrogens is 430 g/mol. The zero-order valence-corrected chi connectivity index (χ0v) is 20.7. The molecule has 0 saturated heterocycles. The minimum absolute atomic E-state index is 0.171. The molecule has 0 fully saturated rings. The summed E-state index contributed by atoms with van der Waals surface area (Å²) in [6.07, 6.45) is 5.97. The Morgan fingerprint density at radius 1 is 1.09 bits per heavy atom. The summed E-state index contributed by atoms with van der Waals surface area (Å²) in [6.45, 7) is 10.8. The number of thiophene rings is 1. The van der Waals surface area contributed by atoms with Crippen LogP contribution in [0.1, 0.15) is 69.5 Å². The molecule has 33 heavy (non-hydrogen) atoms. The number of rotatable bonds is 4. The van der Waals surface area contributed by atoms with Crippen LogP contribution in [-0.4, -0.2) is 16.8 Å². The first-order valence-electron chi connectivity index (χ1n) is 11.4. The van der Waals surface area contributed by atoms with Gasteiger partial charge in [0.05, 0.1) is 11.1 Å². The molecule has 1 atom stereocenters. The molecule has 5 nitrogen and oxygen atoms in total. The number of fused-ring (bicyclic) bond motifs is 1. The molecule has 2 aromatic heterocycles. The maximum absolute atomic E-state index is 13.5. The summed E-state index contributed by atoms with van der Waals surface area (Å²) in [4.78, 5) is 31.7. The number of aromatic nitrogens is 1. The van der Waals surface area contributed by atoms with Gasteiger partial charge >= 0.3 is 0 Å². The zero-order valence-electron chi connectivity index (χ0n) is 19.9. The summed E-state index contributed by atoms with van der Waals surface area (Å²) in [6, 6.07) is 9.43. The Morgan fingerprint density at radius 3 is 2.55 bits per heavy atom. The van der Waals surface area contributed by atoms with Crippen molar-refractivity contribution in [2.24, 2.45) is 11.3 Å². The number of nitrogens with one attached hydrogen (secondary N) is 2. The van der Waals surface area contributed by atoms with Crippen LogP contribution >= 0.6 is 11.3 Å². The van der Waals surface area contributed by atoms with Crippen molar-refractivity contribution >= 4 is 33.8 Å². The largest absolute Gasteiger partial charge is 0.322 e. The first kappa shape index (κ1) is 23.2. The summed E-state index contributed by atoms with van der Waals surface area (Å²) < 4.78 is 0.